The van der Waals surface area contributed by atoms with Crippen LogP contribution in [0.15, 0.2) is 30.6 Å². The first-order valence-corrected chi connectivity index (χ1v) is 4.16. The van der Waals surface area contributed by atoms with Gasteiger partial charge < -0.3 is 5.73 Å². The first-order chi connectivity index (χ1) is 6.99. The molecule has 5 heteroatoms. The minimum atomic E-state index is -4.42. The van der Waals surface area contributed by atoms with Gasteiger partial charge in [0, 0.05) is 12.1 Å². The van der Waals surface area contributed by atoms with Crippen molar-refractivity contribution >= 4 is 5.57 Å². The largest absolute Gasteiger partial charge is 0.416 e. The summed E-state index contributed by atoms with van der Waals surface area (Å²) in [6, 6.07) is 4.40. The predicted octanol–water partition coefficient (Wildman–Crippen LogP) is 2.97. The Morgan fingerprint density at radius 1 is 1.33 bits per heavy atom. The van der Waals surface area contributed by atoms with Crippen LogP contribution in [0.2, 0.25) is 0 Å². The molecule has 0 bridgehead atoms. The minimum Gasteiger partial charge on any atom is -0.326 e. The molecule has 0 spiro atoms. The average Bonchev–Trinajstić information content (AvgIpc) is 2.19. The smallest absolute Gasteiger partial charge is 0.326 e. The van der Waals surface area contributed by atoms with Crippen LogP contribution in [0.3, 0.4) is 0 Å². The third kappa shape index (κ3) is 2.79. The molecule has 1 rings (SSSR count). The normalized spacial score (nSPS) is 13.0. The summed E-state index contributed by atoms with van der Waals surface area (Å²) in [5.74, 6) is 0. The van der Waals surface area contributed by atoms with Crippen LogP contribution in [0.1, 0.15) is 11.1 Å². The molecule has 0 aliphatic carbocycles. The lowest BCUT2D eigenvalue weighted by Gasteiger charge is -2.09. The van der Waals surface area contributed by atoms with Crippen molar-refractivity contribution in [3.8, 4) is 0 Å². The maximum Gasteiger partial charge on any atom is 0.416 e. The fourth-order valence-corrected chi connectivity index (χ4v) is 1.12. The second-order valence-electron chi connectivity index (χ2n) is 2.92. The molecule has 0 atom stereocenters. The molecule has 0 aromatic heterocycles. The number of hydrogen-bond donors (Lipinski definition) is 1. The van der Waals surface area contributed by atoms with Crippen LogP contribution in [0, 0.1) is 0 Å². The Balaban J connectivity index is 3.14. The molecule has 0 heterocycles. The van der Waals surface area contributed by atoms with Crippen LogP contribution in [0.5, 0.6) is 0 Å². The summed E-state index contributed by atoms with van der Waals surface area (Å²) in [5, 5.41) is 0. The standard InChI is InChI=1S/C10H9F4N/c11-5-8(6-15)7-2-1-3-9(4-7)10(12,13)14/h1-5H,6,15H2/b8-5-. The SMILES string of the molecule is NC/C(=C/F)c1cccc(C(F)(F)F)c1. The van der Waals surface area contributed by atoms with E-state index in [-0.39, 0.29) is 24.0 Å². The molecular weight excluding hydrogens is 210 g/mol. The molecule has 0 saturated carbocycles. The van der Waals surface area contributed by atoms with Crippen LogP contribution in [-0.4, -0.2) is 6.54 Å². The second kappa shape index (κ2) is 4.44. The van der Waals surface area contributed by atoms with Crippen molar-refractivity contribution in [1.29, 1.82) is 0 Å². The highest BCUT2D eigenvalue weighted by Gasteiger charge is 2.30. The maximum atomic E-state index is 12.3. The predicted molar refractivity (Wildman–Crippen MR) is 49.6 cm³/mol. The lowest BCUT2D eigenvalue weighted by molar-refractivity contribution is -0.137. The molecule has 0 amide bonds. The van der Waals surface area contributed by atoms with Crippen molar-refractivity contribution in [2.45, 2.75) is 6.18 Å². The van der Waals surface area contributed by atoms with Gasteiger partial charge in [0.15, 0.2) is 0 Å². The van der Waals surface area contributed by atoms with Crippen LogP contribution < -0.4 is 5.73 Å². The summed E-state index contributed by atoms with van der Waals surface area (Å²) in [4.78, 5) is 0. The Morgan fingerprint density at radius 2 is 2.00 bits per heavy atom. The molecule has 0 aliphatic rings. The van der Waals surface area contributed by atoms with Crippen LogP contribution in [-0.2, 0) is 6.18 Å². The third-order valence-electron chi connectivity index (χ3n) is 1.91. The van der Waals surface area contributed by atoms with E-state index in [2.05, 4.69) is 0 Å². The number of hydrogen-bond acceptors (Lipinski definition) is 1. The third-order valence-corrected chi connectivity index (χ3v) is 1.91. The number of nitrogens with two attached hydrogens (primary N) is 1. The van der Waals surface area contributed by atoms with Crippen molar-refractivity contribution in [1.82, 2.24) is 0 Å². The summed E-state index contributed by atoms with van der Waals surface area (Å²) >= 11 is 0. The quantitative estimate of drug-likeness (QED) is 0.760. The Hall–Kier alpha value is -1.36. The van der Waals surface area contributed by atoms with E-state index in [1.807, 2.05) is 0 Å². The first kappa shape index (κ1) is 11.7. The van der Waals surface area contributed by atoms with Crippen LogP contribution >= 0.6 is 0 Å². The molecule has 1 aromatic rings. The van der Waals surface area contributed by atoms with Gasteiger partial charge in [-0.1, -0.05) is 12.1 Å². The van der Waals surface area contributed by atoms with E-state index in [1.54, 1.807) is 0 Å². The van der Waals surface area contributed by atoms with Gasteiger partial charge in [0.05, 0.1) is 11.9 Å². The van der Waals surface area contributed by atoms with E-state index in [0.29, 0.717) is 0 Å². The molecule has 0 fully saturated rings. The van der Waals surface area contributed by atoms with Gasteiger partial charge in [-0.3, -0.25) is 0 Å². The molecule has 15 heavy (non-hydrogen) atoms. The molecular formula is C10H9F4N. The van der Waals surface area contributed by atoms with E-state index in [1.165, 1.54) is 12.1 Å². The van der Waals surface area contributed by atoms with Gasteiger partial charge in [0.1, 0.15) is 0 Å². The fourth-order valence-electron chi connectivity index (χ4n) is 1.12. The number of halogens is 4. The monoisotopic (exact) mass is 219 g/mol. The molecule has 1 aromatic carbocycles. The summed E-state index contributed by atoms with van der Waals surface area (Å²) < 4.78 is 49.1. The van der Waals surface area contributed by atoms with Crippen molar-refractivity contribution in [3.05, 3.63) is 41.7 Å². The lowest BCUT2D eigenvalue weighted by atomic mass is 10.0. The van der Waals surface area contributed by atoms with E-state index in [9.17, 15) is 17.6 Å². The Morgan fingerprint density at radius 3 is 2.47 bits per heavy atom. The molecule has 0 saturated heterocycles. The Labute approximate surface area is 84.2 Å². The van der Waals surface area contributed by atoms with Gasteiger partial charge in [-0.05, 0) is 17.7 Å². The summed E-state index contributed by atoms with van der Waals surface area (Å²) in [6.45, 7) is -0.141. The zero-order valence-electron chi connectivity index (χ0n) is 7.68. The molecule has 82 valence electrons. The van der Waals surface area contributed by atoms with Crippen molar-refractivity contribution < 1.29 is 17.6 Å². The molecule has 2 N–H and O–H groups in total. The van der Waals surface area contributed by atoms with Crippen LogP contribution in [0.25, 0.3) is 5.57 Å². The minimum absolute atomic E-state index is 0.0427. The van der Waals surface area contributed by atoms with Crippen molar-refractivity contribution in [2.24, 2.45) is 5.73 Å². The lowest BCUT2D eigenvalue weighted by Crippen LogP contribution is -2.07. The highest BCUT2D eigenvalue weighted by atomic mass is 19.4. The Bertz CT molecular complexity index is 368. The summed E-state index contributed by atoms with van der Waals surface area (Å²) in [7, 11) is 0. The van der Waals surface area contributed by atoms with E-state index in [4.69, 9.17) is 5.73 Å². The summed E-state index contributed by atoms with van der Waals surface area (Å²) in [6.07, 6.45) is -4.21. The van der Waals surface area contributed by atoms with Gasteiger partial charge in [0.2, 0.25) is 0 Å². The van der Waals surface area contributed by atoms with E-state index >= 15 is 0 Å². The molecule has 0 unspecified atom stereocenters. The second-order valence-corrected chi connectivity index (χ2v) is 2.92. The topological polar surface area (TPSA) is 26.0 Å². The maximum absolute atomic E-state index is 12.3. The average molecular weight is 219 g/mol. The fraction of sp³-hybridized carbons (Fsp3) is 0.200. The molecule has 0 aliphatic heterocycles. The van der Waals surface area contributed by atoms with E-state index in [0.717, 1.165) is 12.1 Å². The zero-order valence-corrected chi connectivity index (χ0v) is 7.68. The highest BCUT2D eigenvalue weighted by Crippen LogP contribution is 2.30. The summed E-state index contributed by atoms with van der Waals surface area (Å²) in [5.41, 5.74) is 4.56. The van der Waals surface area contributed by atoms with Gasteiger partial charge in [0.25, 0.3) is 0 Å². The van der Waals surface area contributed by atoms with Crippen LogP contribution in [0.4, 0.5) is 17.6 Å². The number of rotatable bonds is 2. The molecule has 1 nitrogen and oxygen atoms in total. The molecule has 0 radical (unpaired) electrons. The van der Waals surface area contributed by atoms with Gasteiger partial charge >= 0.3 is 6.18 Å². The van der Waals surface area contributed by atoms with Gasteiger partial charge in [-0.25, -0.2) is 4.39 Å². The number of benzene rings is 1. The highest BCUT2D eigenvalue weighted by molar-refractivity contribution is 5.66. The van der Waals surface area contributed by atoms with Gasteiger partial charge in [-0.2, -0.15) is 13.2 Å². The van der Waals surface area contributed by atoms with Crippen molar-refractivity contribution in [2.75, 3.05) is 6.54 Å². The zero-order chi connectivity index (χ0) is 11.5. The van der Waals surface area contributed by atoms with Crippen molar-refractivity contribution in [3.63, 3.8) is 0 Å². The number of alkyl halides is 3. The first-order valence-electron chi connectivity index (χ1n) is 4.16. The van der Waals surface area contributed by atoms with E-state index < -0.39 is 11.7 Å². The van der Waals surface area contributed by atoms with Gasteiger partial charge in [-0.15, -0.1) is 0 Å². The Kier molecular flexibility index (Phi) is 3.47.